The molecule has 6 aromatic rings. The average molecular weight is 640 g/mol. The van der Waals surface area contributed by atoms with Crippen molar-refractivity contribution in [2.45, 2.75) is 20.1 Å². The molecule has 0 saturated carbocycles. The number of tetrazole rings is 1. The minimum atomic E-state index is -4.89. The Hall–Kier alpha value is -5.56. The van der Waals surface area contributed by atoms with Crippen molar-refractivity contribution in [3.8, 4) is 45.9 Å². The van der Waals surface area contributed by atoms with Crippen LogP contribution in [0.2, 0.25) is 0 Å². The first kappa shape index (κ1) is 30.5. The first-order valence-corrected chi connectivity index (χ1v) is 15.5. The zero-order chi connectivity index (χ0) is 32.1. The van der Waals surface area contributed by atoms with E-state index in [4.69, 9.17) is 18.6 Å². The van der Waals surface area contributed by atoms with Gasteiger partial charge in [0, 0.05) is 17.3 Å². The number of nitrogens with one attached hydrogen (secondary N) is 1. The summed E-state index contributed by atoms with van der Waals surface area (Å²) in [6.07, 6.45) is 2.75. The van der Waals surface area contributed by atoms with Crippen molar-refractivity contribution in [1.82, 2.24) is 35.4 Å². The highest BCUT2D eigenvalue weighted by molar-refractivity contribution is 7.52. The van der Waals surface area contributed by atoms with Gasteiger partial charge in [-0.1, -0.05) is 42.2 Å². The molecular formula is C31H26N7O7P-2. The number of ether oxygens (including phenoxy) is 3. The van der Waals surface area contributed by atoms with Gasteiger partial charge in [0.15, 0.2) is 11.5 Å². The molecule has 0 aliphatic heterocycles. The van der Waals surface area contributed by atoms with E-state index in [2.05, 4.69) is 30.7 Å². The largest absolute Gasteiger partial charge is 0.808 e. The van der Waals surface area contributed by atoms with Crippen LogP contribution in [0.5, 0.6) is 17.4 Å². The lowest BCUT2D eigenvalue weighted by molar-refractivity contribution is -0.308. The van der Waals surface area contributed by atoms with Crippen LogP contribution in [0, 0.1) is 6.92 Å². The summed E-state index contributed by atoms with van der Waals surface area (Å²) in [7, 11) is -3.36. The van der Waals surface area contributed by atoms with Crippen molar-refractivity contribution in [3.63, 3.8) is 0 Å². The van der Waals surface area contributed by atoms with Crippen LogP contribution in [0.3, 0.4) is 0 Å². The van der Waals surface area contributed by atoms with Gasteiger partial charge in [0.25, 0.3) is 0 Å². The fourth-order valence-corrected chi connectivity index (χ4v) is 4.81. The van der Waals surface area contributed by atoms with Gasteiger partial charge >= 0.3 is 0 Å². The van der Waals surface area contributed by atoms with Gasteiger partial charge in [-0.3, -0.25) is 0 Å². The zero-order valence-electron chi connectivity index (χ0n) is 24.6. The zero-order valence-corrected chi connectivity index (χ0v) is 25.5. The summed E-state index contributed by atoms with van der Waals surface area (Å²) in [4.78, 5) is 27.1. The number of rotatable bonds is 12. The van der Waals surface area contributed by atoms with Gasteiger partial charge in [-0.2, -0.15) is 5.21 Å². The molecule has 0 saturated heterocycles. The molecule has 3 aromatic carbocycles. The highest BCUT2D eigenvalue weighted by Gasteiger charge is 2.16. The van der Waals surface area contributed by atoms with E-state index in [0.29, 0.717) is 46.0 Å². The SMILES string of the molecule is COc1cc(COc2nn(-c3ccccc3)cc2/C=C/P(=O)([O-])[O-])ccc1OCc1nc(-c2cccc(-c3nn[nH]n3)c2)oc1C. The Labute approximate surface area is 262 Å². The molecule has 46 heavy (non-hydrogen) atoms. The van der Waals surface area contributed by atoms with Gasteiger partial charge in [-0.25, -0.2) is 9.67 Å². The predicted octanol–water partition coefficient (Wildman–Crippen LogP) is 4.07. The number of H-pyrrole nitrogens is 1. The monoisotopic (exact) mass is 639 g/mol. The fraction of sp³-hybridized carbons (Fsp3) is 0.129. The number of para-hydroxylation sites is 1. The van der Waals surface area contributed by atoms with Crippen LogP contribution in [-0.2, 0) is 17.8 Å². The highest BCUT2D eigenvalue weighted by atomic mass is 31.2. The predicted molar refractivity (Wildman–Crippen MR) is 162 cm³/mol. The molecule has 0 amide bonds. The molecule has 0 unspecified atom stereocenters. The minimum absolute atomic E-state index is 0.0738. The molecular weight excluding hydrogens is 613 g/mol. The Kier molecular flexibility index (Phi) is 8.74. The molecule has 15 heteroatoms. The summed E-state index contributed by atoms with van der Waals surface area (Å²) in [5.41, 5.74) is 3.92. The minimum Gasteiger partial charge on any atom is -0.808 e. The second-order valence-electron chi connectivity index (χ2n) is 9.93. The van der Waals surface area contributed by atoms with E-state index in [1.165, 1.54) is 17.9 Å². The number of hydrogen-bond acceptors (Lipinski definition) is 12. The second-order valence-corrected chi connectivity index (χ2v) is 11.3. The van der Waals surface area contributed by atoms with Crippen molar-refractivity contribution in [2.24, 2.45) is 0 Å². The topological polar surface area (TPSA) is 189 Å². The third-order valence-corrected chi connectivity index (χ3v) is 7.25. The summed E-state index contributed by atoms with van der Waals surface area (Å²) in [5.74, 6) is 3.18. The van der Waals surface area contributed by atoms with Crippen molar-refractivity contribution in [1.29, 1.82) is 0 Å². The molecule has 234 valence electrons. The lowest BCUT2D eigenvalue weighted by atomic mass is 10.1. The van der Waals surface area contributed by atoms with E-state index in [0.717, 1.165) is 22.4 Å². The van der Waals surface area contributed by atoms with Gasteiger partial charge in [0.2, 0.25) is 17.6 Å². The highest BCUT2D eigenvalue weighted by Crippen LogP contribution is 2.32. The normalized spacial score (nSPS) is 11.7. The van der Waals surface area contributed by atoms with Crippen LogP contribution >= 0.6 is 7.60 Å². The summed E-state index contributed by atoms with van der Waals surface area (Å²) in [6, 6.07) is 22.0. The van der Waals surface area contributed by atoms with E-state index >= 15 is 0 Å². The van der Waals surface area contributed by atoms with Crippen LogP contribution < -0.4 is 24.0 Å². The third-order valence-electron chi connectivity index (χ3n) is 6.74. The number of hydrogen-bond donors (Lipinski definition) is 1. The van der Waals surface area contributed by atoms with E-state index in [9.17, 15) is 14.4 Å². The van der Waals surface area contributed by atoms with Crippen LogP contribution in [0.25, 0.3) is 34.6 Å². The Morgan fingerprint density at radius 2 is 1.80 bits per heavy atom. The smallest absolute Gasteiger partial charge is 0.240 e. The molecule has 14 nitrogen and oxygen atoms in total. The van der Waals surface area contributed by atoms with Gasteiger partial charge in [0.1, 0.15) is 24.7 Å². The average Bonchev–Trinajstić information content (AvgIpc) is 3.83. The maximum atomic E-state index is 11.2. The Bertz CT molecular complexity index is 2020. The maximum absolute atomic E-state index is 11.2. The van der Waals surface area contributed by atoms with Gasteiger partial charge in [-0.15, -0.1) is 15.3 Å². The lowest BCUT2D eigenvalue weighted by Gasteiger charge is -2.24. The van der Waals surface area contributed by atoms with E-state index in [1.807, 2.05) is 61.5 Å². The van der Waals surface area contributed by atoms with Gasteiger partial charge < -0.3 is 33.0 Å². The molecule has 6 rings (SSSR count). The number of aromatic nitrogens is 7. The summed E-state index contributed by atoms with van der Waals surface area (Å²) < 4.78 is 36.2. The maximum Gasteiger partial charge on any atom is 0.240 e. The van der Waals surface area contributed by atoms with Crippen LogP contribution in [-0.4, -0.2) is 42.5 Å². The molecule has 0 bridgehead atoms. The Morgan fingerprint density at radius 3 is 2.57 bits per heavy atom. The summed E-state index contributed by atoms with van der Waals surface area (Å²) in [5, 5.41) is 18.5. The number of benzene rings is 3. The quantitative estimate of drug-likeness (QED) is 0.189. The van der Waals surface area contributed by atoms with E-state index in [1.54, 1.807) is 24.4 Å². The van der Waals surface area contributed by atoms with Crippen molar-refractivity contribution in [2.75, 3.05) is 7.11 Å². The number of oxazole rings is 1. The molecule has 0 atom stereocenters. The number of aryl methyl sites for hydroxylation is 1. The number of nitrogens with zero attached hydrogens (tertiary/aromatic N) is 6. The summed E-state index contributed by atoms with van der Waals surface area (Å²) in [6.45, 7) is 2.01. The van der Waals surface area contributed by atoms with Crippen LogP contribution in [0.1, 0.15) is 22.6 Å². The first-order valence-electron chi connectivity index (χ1n) is 13.8. The molecule has 0 spiro atoms. The van der Waals surface area contributed by atoms with Crippen LogP contribution in [0.4, 0.5) is 0 Å². The molecule has 0 aliphatic rings. The van der Waals surface area contributed by atoms with Crippen molar-refractivity contribution < 1.29 is 33.0 Å². The standard InChI is InChI=1S/C31H28N7O7P/c1-20-26(32-30(45-20)23-8-6-7-22(16-23)29-33-36-37-34-29)19-43-27-12-11-21(15-28(27)42-2)18-44-31-24(13-14-46(39,40)41)17-38(35-31)25-9-4-3-5-10-25/h3-17H,18-19H2,1-2H3,(H2,39,40,41)(H,33,34,36,37)/p-2/b14-13+. The van der Waals surface area contributed by atoms with E-state index in [-0.39, 0.29) is 19.1 Å². The third kappa shape index (κ3) is 7.21. The second kappa shape index (κ2) is 13.2. The molecule has 0 radical (unpaired) electrons. The first-order chi connectivity index (χ1) is 22.3. The molecule has 3 heterocycles. The number of aromatic amines is 1. The van der Waals surface area contributed by atoms with Crippen molar-refractivity contribution >= 4 is 13.7 Å². The van der Waals surface area contributed by atoms with Gasteiger partial charge in [0.05, 0.1) is 18.4 Å². The fourth-order valence-electron chi connectivity index (χ4n) is 4.46. The molecule has 0 aliphatic carbocycles. The van der Waals surface area contributed by atoms with Crippen molar-refractivity contribution in [3.05, 3.63) is 107 Å². The Morgan fingerprint density at radius 1 is 0.978 bits per heavy atom. The van der Waals surface area contributed by atoms with Gasteiger partial charge in [-0.05, 0) is 67.8 Å². The van der Waals surface area contributed by atoms with E-state index < -0.39 is 7.60 Å². The molecule has 3 aromatic heterocycles. The number of methoxy groups -OCH3 is 1. The lowest BCUT2D eigenvalue weighted by Crippen LogP contribution is -2.10. The Balaban J connectivity index is 1.15. The molecule has 0 fully saturated rings. The van der Waals surface area contributed by atoms with Crippen LogP contribution in [0.15, 0.2) is 89.2 Å². The molecule has 1 N–H and O–H groups in total. The summed E-state index contributed by atoms with van der Waals surface area (Å²) >= 11 is 0.